The Balaban J connectivity index is 2.93. The monoisotopic (exact) mass is 499 g/mol. The number of aliphatic hydroxyl groups is 1. The van der Waals surface area contributed by atoms with Gasteiger partial charge in [-0.25, -0.2) is 9.78 Å². The fourth-order valence-electron chi connectivity index (χ4n) is 2.84. The molecule has 35 heavy (non-hydrogen) atoms. The zero-order valence-electron chi connectivity index (χ0n) is 18.8. The van der Waals surface area contributed by atoms with Gasteiger partial charge in [-0.05, 0) is 13.3 Å². The van der Waals surface area contributed by atoms with Crippen molar-refractivity contribution in [3.8, 4) is 0 Å². The van der Waals surface area contributed by atoms with E-state index in [-0.39, 0.29) is 12.8 Å². The number of rotatable bonds is 15. The van der Waals surface area contributed by atoms with Crippen LogP contribution in [0.15, 0.2) is 12.5 Å². The van der Waals surface area contributed by atoms with Crippen molar-refractivity contribution in [2.24, 2.45) is 11.5 Å². The Morgan fingerprint density at radius 2 is 1.66 bits per heavy atom. The zero-order chi connectivity index (χ0) is 26.7. The Hall–Kier alpha value is -4.05. The molecule has 4 amide bonds. The van der Waals surface area contributed by atoms with Crippen LogP contribution in [0.3, 0.4) is 0 Å². The molecule has 1 aromatic rings. The summed E-state index contributed by atoms with van der Waals surface area (Å²) >= 11 is 0. The second kappa shape index (κ2) is 13.6. The van der Waals surface area contributed by atoms with Crippen LogP contribution in [-0.4, -0.2) is 91.1 Å². The average molecular weight is 499 g/mol. The molecular formula is C19H29N7O9. The molecule has 0 aromatic carbocycles. The third-order valence-corrected chi connectivity index (χ3v) is 4.70. The molecule has 0 spiro atoms. The topological polar surface area (TPSA) is 280 Å². The van der Waals surface area contributed by atoms with Gasteiger partial charge in [0.2, 0.25) is 23.6 Å². The van der Waals surface area contributed by atoms with E-state index in [9.17, 15) is 39.0 Å². The molecule has 0 aliphatic rings. The Kier molecular flexibility index (Phi) is 11.3. The quantitative estimate of drug-likeness (QED) is 0.112. The number of hydrogen-bond acceptors (Lipinski definition) is 9. The van der Waals surface area contributed by atoms with Gasteiger partial charge in [-0.1, -0.05) is 0 Å². The van der Waals surface area contributed by atoms with Gasteiger partial charge in [-0.3, -0.25) is 24.0 Å². The fraction of sp³-hybridized carbons (Fsp3) is 0.526. The summed E-state index contributed by atoms with van der Waals surface area (Å²) in [5.74, 6) is -6.68. The van der Waals surface area contributed by atoms with Crippen LogP contribution in [0.1, 0.15) is 31.9 Å². The number of nitrogens with one attached hydrogen (secondary N) is 4. The van der Waals surface area contributed by atoms with E-state index in [4.69, 9.17) is 16.6 Å². The summed E-state index contributed by atoms with van der Waals surface area (Å²) in [6.45, 7) is 1.15. The third-order valence-electron chi connectivity index (χ3n) is 4.70. The summed E-state index contributed by atoms with van der Waals surface area (Å²) in [6, 6.07) is -6.03. The number of carboxylic acids is 2. The molecule has 0 radical (unpaired) electrons. The molecule has 11 N–H and O–H groups in total. The number of aliphatic carboxylic acids is 2. The Morgan fingerprint density at radius 1 is 1.03 bits per heavy atom. The third kappa shape index (κ3) is 10.2. The van der Waals surface area contributed by atoms with Crippen molar-refractivity contribution in [2.45, 2.75) is 62.9 Å². The number of H-pyrrole nitrogens is 1. The van der Waals surface area contributed by atoms with Gasteiger partial charge in [-0.2, -0.15) is 0 Å². The maximum Gasteiger partial charge on any atom is 0.326 e. The van der Waals surface area contributed by atoms with E-state index in [0.717, 1.165) is 6.92 Å². The van der Waals surface area contributed by atoms with Crippen molar-refractivity contribution in [1.82, 2.24) is 25.9 Å². The summed E-state index contributed by atoms with van der Waals surface area (Å²) in [7, 11) is 0. The lowest BCUT2D eigenvalue weighted by atomic mass is 10.1. The first kappa shape index (κ1) is 29.0. The number of primary amides is 1. The van der Waals surface area contributed by atoms with Crippen molar-refractivity contribution in [2.75, 3.05) is 0 Å². The standard InChI is InChI=1S/C19H29N7O9/c1-8(27)15(26-16(31)10(20)2-3-14(29)30)18(33)24-11(5-13(21)28)17(32)25-12(19(34)35)4-9-6-22-7-23-9/h6-8,10-12,15,27H,2-5,20H2,1H3,(H2,21,28)(H,22,23)(H,24,33)(H,25,32)(H,26,31)(H,29,30)(H,34,35). The summed E-state index contributed by atoms with van der Waals surface area (Å²) in [5, 5.41) is 34.5. The van der Waals surface area contributed by atoms with Gasteiger partial charge in [0, 0.05) is 24.7 Å². The van der Waals surface area contributed by atoms with Crippen LogP contribution in [0.25, 0.3) is 0 Å². The predicted octanol–water partition coefficient (Wildman–Crippen LogP) is -4.06. The summed E-state index contributed by atoms with van der Waals surface area (Å²) < 4.78 is 0. The first-order valence-electron chi connectivity index (χ1n) is 10.4. The Morgan fingerprint density at radius 3 is 2.14 bits per heavy atom. The minimum Gasteiger partial charge on any atom is -0.481 e. The average Bonchev–Trinajstić information content (AvgIpc) is 3.26. The molecule has 0 saturated carbocycles. The van der Waals surface area contributed by atoms with Crippen LogP contribution in [0.2, 0.25) is 0 Å². The van der Waals surface area contributed by atoms with Gasteiger partial charge in [0.05, 0.1) is 24.9 Å². The number of nitrogens with two attached hydrogens (primary N) is 2. The van der Waals surface area contributed by atoms with Crippen LogP contribution in [0.4, 0.5) is 0 Å². The van der Waals surface area contributed by atoms with E-state index in [2.05, 4.69) is 25.9 Å². The lowest BCUT2D eigenvalue weighted by Gasteiger charge is -2.26. The molecule has 16 heteroatoms. The van der Waals surface area contributed by atoms with Crippen molar-refractivity contribution < 1.29 is 44.1 Å². The van der Waals surface area contributed by atoms with Crippen molar-refractivity contribution in [3.63, 3.8) is 0 Å². The van der Waals surface area contributed by atoms with Gasteiger partial charge < -0.3 is 47.7 Å². The second-order valence-electron chi connectivity index (χ2n) is 7.68. The molecule has 5 atom stereocenters. The first-order chi connectivity index (χ1) is 16.3. The minimum absolute atomic E-state index is 0.182. The lowest BCUT2D eigenvalue weighted by Crippen LogP contribution is -2.60. The van der Waals surface area contributed by atoms with E-state index in [1.165, 1.54) is 12.5 Å². The number of carbonyl (C=O) groups is 6. The number of hydrogen-bond donors (Lipinski definition) is 9. The van der Waals surface area contributed by atoms with Gasteiger partial charge in [0.1, 0.15) is 18.1 Å². The minimum atomic E-state index is -1.64. The van der Waals surface area contributed by atoms with Gasteiger partial charge in [0.25, 0.3) is 0 Å². The number of imidazole rings is 1. The number of carboxylic acid groups (broad SMARTS) is 2. The van der Waals surface area contributed by atoms with E-state index >= 15 is 0 Å². The highest BCUT2D eigenvalue weighted by atomic mass is 16.4. The van der Waals surface area contributed by atoms with Gasteiger partial charge in [0.15, 0.2) is 0 Å². The van der Waals surface area contributed by atoms with Crippen molar-refractivity contribution >= 4 is 35.6 Å². The highest BCUT2D eigenvalue weighted by Crippen LogP contribution is 2.04. The molecule has 16 nitrogen and oxygen atoms in total. The SMILES string of the molecule is CC(O)C(NC(=O)C(N)CCC(=O)O)C(=O)NC(CC(N)=O)C(=O)NC(Cc1cnc[nH]1)C(=O)O. The molecule has 1 heterocycles. The molecule has 1 aromatic heterocycles. The molecule has 0 aliphatic heterocycles. The number of nitrogens with zero attached hydrogens (tertiary/aromatic N) is 1. The van der Waals surface area contributed by atoms with Crippen molar-refractivity contribution in [1.29, 1.82) is 0 Å². The summed E-state index contributed by atoms with van der Waals surface area (Å²) in [4.78, 5) is 77.6. The number of aliphatic hydroxyl groups excluding tert-OH is 1. The van der Waals surface area contributed by atoms with Crippen molar-refractivity contribution in [3.05, 3.63) is 18.2 Å². The normalized spacial score (nSPS) is 15.1. The maximum absolute atomic E-state index is 12.7. The smallest absolute Gasteiger partial charge is 0.326 e. The van der Waals surface area contributed by atoms with E-state index in [0.29, 0.717) is 5.69 Å². The van der Waals surface area contributed by atoms with E-state index in [1.807, 2.05) is 0 Å². The van der Waals surface area contributed by atoms with E-state index < -0.39 is 78.7 Å². The molecule has 0 aliphatic carbocycles. The number of aromatic nitrogens is 2. The maximum atomic E-state index is 12.7. The Bertz CT molecular complexity index is 920. The molecule has 0 bridgehead atoms. The number of amides is 4. The molecule has 194 valence electrons. The summed E-state index contributed by atoms with van der Waals surface area (Å²) in [6.07, 6.45) is -0.383. The van der Waals surface area contributed by atoms with Gasteiger partial charge >= 0.3 is 11.9 Å². The van der Waals surface area contributed by atoms with Crippen LogP contribution < -0.4 is 27.4 Å². The predicted molar refractivity (Wildman–Crippen MR) is 116 cm³/mol. The molecule has 5 unspecified atom stereocenters. The largest absolute Gasteiger partial charge is 0.481 e. The highest BCUT2D eigenvalue weighted by Gasteiger charge is 2.33. The molecule has 1 rings (SSSR count). The highest BCUT2D eigenvalue weighted by molar-refractivity contribution is 5.96. The molecule has 0 saturated heterocycles. The second-order valence-corrected chi connectivity index (χ2v) is 7.68. The van der Waals surface area contributed by atoms with Gasteiger partial charge in [-0.15, -0.1) is 0 Å². The van der Waals surface area contributed by atoms with Crippen LogP contribution in [0, 0.1) is 0 Å². The van der Waals surface area contributed by atoms with E-state index in [1.54, 1.807) is 0 Å². The molecule has 0 fully saturated rings. The van der Waals surface area contributed by atoms with Crippen LogP contribution in [0.5, 0.6) is 0 Å². The number of carbonyl (C=O) groups excluding carboxylic acids is 4. The first-order valence-corrected chi connectivity index (χ1v) is 10.4. The Labute approximate surface area is 198 Å². The van der Waals surface area contributed by atoms with Crippen LogP contribution >= 0.6 is 0 Å². The van der Waals surface area contributed by atoms with Crippen LogP contribution in [-0.2, 0) is 35.2 Å². The number of aromatic amines is 1. The zero-order valence-corrected chi connectivity index (χ0v) is 18.8. The summed E-state index contributed by atoms with van der Waals surface area (Å²) in [5.41, 5.74) is 11.1. The molecular weight excluding hydrogens is 470 g/mol. The lowest BCUT2D eigenvalue weighted by molar-refractivity contribution is -0.142. The fourth-order valence-corrected chi connectivity index (χ4v) is 2.84.